The van der Waals surface area contributed by atoms with Crippen molar-refractivity contribution in [2.24, 2.45) is 0 Å². The molecule has 1 aliphatic carbocycles. The minimum Gasteiger partial charge on any atom is -0.326 e. The molecule has 0 spiro atoms. The van der Waals surface area contributed by atoms with Gasteiger partial charge in [0.05, 0.1) is 5.75 Å². The van der Waals surface area contributed by atoms with Crippen LogP contribution in [0.15, 0.2) is 24.3 Å². The average Bonchev–Trinajstić information content (AvgIpc) is 2.89. The van der Waals surface area contributed by atoms with E-state index in [9.17, 15) is 9.59 Å². The first-order valence-corrected chi connectivity index (χ1v) is 7.97. The van der Waals surface area contributed by atoms with Crippen LogP contribution in [-0.2, 0) is 9.59 Å². The summed E-state index contributed by atoms with van der Waals surface area (Å²) in [6.07, 6.45) is 5.04. The van der Waals surface area contributed by atoms with E-state index in [-0.39, 0.29) is 11.8 Å². The van der Waals surface area contributed by atoms with Crippen LogP contribution in [-0.4, -0.2) is 22.8 Å². The minimum atomic E-state index is -0.120. The average molecular weight is 292 g/mol. The third kappa shape index (κ3) is 4.89. The van der Waals surface area contributed by atoms with Gasteiger partial charge in [0.1, 0.15) is 0 Å². The summed E-state index contributed by atoms with van der Waals surface area (Å²) in [5, 5.41) is 6.21. The van der Waals surface area contributed by atoms with Gasteiger partial charge in [-0.05, 0) is 31.0 Å². The fraction of sp³-hybridized carbons (Fsp3) is 0.467. The molecule has 108 valence electrons. The molecule has 0 unspecified atom stereocenters. The lowest BCUT2D eigenvalue weighted by atomic mass is 10.2. The number of benzene rings is 1. The standard InChI is InChI=1S/C15H20N2O2S/c1-11(18)16-12-5-4-6-13(9-12)17-15(19)10-20-14-7-2-3-8-14/h4-6,9,14H,2-3,7-8,10H2,1H3,(H,16,18)(H,17,19). The Morgan fingerprint density at radius 3 is 2.50 bits per heavy atom. The highest BCUT2D eigenvalue weighted by Crippen LogP contribution is 2.29. The second-order valence-corrected chi connectivity index (χ2v) is 6.32. The largest absolute Gasteiger partial charge is 0.326 e. The molecule has 0 radical (unpaired) electrons. The Morgan fingerprint density at radius 2 is 1.85 bits per heavy atom. The van der Waals surface area contributed by atoms with E-state index in [1.807, 2.05) is 12.1 Å². The smallest absolute Gasteiger partial charge is 0.234 e. The van der Waals surface area contributed by atoms with E-state index in [2.05, 4.69) is 10.6 Å². The molecule has 1 aromatic rings. The number of anilines is 2. The number of rotatable bonds is 5. The highest BCUT2D eigenvalue weighted by atomic mass is 32.2. The molecule has 4 nitrogen and oxygen atoms in total. The molecule has 0 saturated heterocycles. The van der Waals surface area contributed by atoms with Crippen LogP contribution in [0.1, 0.15) is 32.6 Å². The van der Waals surface area contributed by atoms with Crippen molar-refractivity contribution in [2.45, 2.75) is 37.9 Å². The zero-order valence-corrected chi connectivity index (χ0v) is 12.5. The molecule has 2 N–H and O–H groups in total. The van der Waals surface area contributed by atoms with Crippen LogP contribution in [0.2, 0.25) is 0 Å². The van der Waals surface area contributed by atoms with Crippen molar-refractivity contribution >= 4 is 35.0 Å². The highest BCUT2D eigenvalue weighted by Gasteiger charge is 2.16. The summed E-state index contributed by atoms with van der Waals surface area (Å²) < 4.78 is 0. The lowest BCUT2D eigenvalue weighted by molar-refractivity contribution is -0.114. The van der Waals surface area contributed by atoms with Crippen LogP contribution in [0.5, 0.6) is 0 Å². The van der Waals surface area contributed by atoms with Crippen LogP contribution in [0.25, 0.3) is 0 Å². The molecule has 1 fully saturated rings. The summed E-state index contributed by atoms with van der Waals surface area (Å²) in [7, 11) is 0. The van der Waals surface area contributed by atoms with Crippen molar-refractivity contribution in [1.29, 1.82) is 0 Å². The van der Waals surface area contributed by atoms with Gasteiger partial charge in [-0.2, -0.15) is 0 Å². The van der Waals surface area contributed by atoms with Gasteiger partial charge in [0, 0.05) is 23.5 Å². The van der Waals surface area contributed by atoms with Crippen molar-refractivity contribution in [1.82, 2.24) is 0 Å². The number of nitrogens with one attached hydrogen (secondary N) is 2. The molecule has 0 bridgehead atoms. The third-order valence-electron chi connectivity index (χ3n) is 3.22. The molecule has 20 heavy (non-hydrogen) atoms. The highest BCUT2D eigenvalue weighted by molar-refractivity contribution is 8.00. The monoisotopic (exact) mass is 292 g/mol. The molecule has 5 heteroatoms. The summed E-state index contributed by atoms with van der Waals surface area (Å²) in [6, 6.07) is 7.19. The first kappa shape index (κ1) is 14.9. The molecule has 2 rings (SSSR count). The van der Waals surface area contributed by atoms with E-state index in [1.165, 1.54) is 32.6 Å². The van der Waals surface area contributed by atoms with Gasteiger partial charge < -0.3 is 10.6 Å². The van der Waals surface area contributed by atoms with Gasteiger partial charge in [-0.1, -0.05) is 18.9 Å². The molecule has 0 atom stereocenters. The van der Waals surface area contributed by atoms with Gasteiger partial charge in [0.15, 0.2) is 0 Å². The van der Waals surface area contributed by atoms with Gasteiger partial charge in [-0.25, -0.2) is 0 Å². The van der Waals surface area contributed by atoms with Crippen LogP contribution < -0.4 is 10.6 Å². The molecule has 2 amide bonds. The molecular formula is C15H20N2O2S. The van der Waals surface area contributed by atoms with E-state index in [0.29, 0.717) is 22.4 Å². The topological polar surface area (TPSA) is 58.2 Å². The zero-order chi connectivity index (χ0) is 14.4. The second kappa shape index (κ2) is 7.33. The molecule has 0 heterocycles. The van der Waals surface area contributed by atoms with Gasteiger partial charge >= 0.3 is 0 Å². The van der Waals surface area contributed by atoms with E-state index in [4.69, 9.17) is 0 Å². The minimum absolute atomic E-state index is 0.0156. The number of hydrogen-bond donors (Lipinski definition) is 2. The van der Waals surface area contributed by atoms with Gasteiger partial charge in [0.2, 0.25) is 11.8 Å². The van der Waals surface area contributed by atoms with E-state index < -0.39 is 0 Å². The third-order valence-corrected chi connectivity index (χ3v) is 4.59. The van der Waals surface area contributed by atoms with Crippen molar-refractivity contribution in [2.75, 3.05) is 16.4 Å². The quantitative estimate of drug-likeness (QED) is 0.875. The summed E-state index contributed by atoms with van der Waals surface area (Å²) >= 11 is 1.74. The van der Waals surface area contributed by atoms with Gasteiger partial charge in [-0.3, -0.25) is 9.59 Å². The van der Waals surface area contributed by atoms with Crippen LogP contribution in [0.4, 0.5) is 11.4 Å². The molecule has 1 aromatic carbocycles. The van der Waals surface area contributed by atoms with E-state index in [0.717, 1.165) is 0 Å². The van der Waals surface area contributed by atoms with Crippen molar-refractivity contribution in [3.05, 3.63) is 24.3 Å². The summed E-state index contributed by atoms with van der Waals surface area (Å²) in [6.45, 7) is 1.46. The summed E-state index contributed by atoms with van der Waals surface area (Å²) in [4.78, 5) is 22.9. The van der Waals surface area contributed by atoms with Gasteiger partial charge in [0.25, 0.3) is 0 Å². The molecule has 0 aliphatic heterocycles. The predicted molar refractivity (Wildman–Crippen MR) is 84.1 cm³/mol. The first-order valence-electron chi connectivity index (χ1n) is 6.92. The molecule has 1 aliphatic rings. The Hall–Kier alpha value is -1.49. The normalized spacial score (nSPS) is 15.1. The lowest BCUT2D eigenvalue weighted by Gasteiger charge is -2.10. The Bertz CT molecular complexity index is 485. The second-order valence-electron chi connectivity index (χ2n) is 5.03. The van der Waals surface area contributed by atoms with E-state index in [1.54, 1.807) is 23.9 Å². The molecular weight excluding hydrogens is 272 g/mol. The zero-order valence-electron chi connectivity index (χ0n) is 11.6. The first-order chi connectivity index (χ1) is 9.63. The maximum Gasteiger partial charge on any atom is 0.234 e. The van der Waals surface area contributed by atoms with Crippen molar-refractivity contribution < 1.29 is 9.59 Å². The Morgan fingerprint density at radius 1 is 1.20 bits per heavy atom. The Balaban J connectivity index is 1.82. The number of carbonyl (C=O) groups excluding carboxylic acids is 2. The Labute approximate surface area is 123 Å². The van der Waals surface area contributed by atoms with Crippen molar-refractivity contribution in [3.8, 4) is 0 Å². The maximum absolute atomic E-state index is 11.9. The molecule has 0 aromatic heterocycles. The van der Waals surface area contributed by atoms with Crippen LogP contribution in [0.3, 0.4) is 0 Å². The number of thioether (sulfide) groups is 1. The van der Waals surface area contributed by atoms with Crippen LogP contribution >= 0.6 is 11.8 Å². The lowest BCUT2D eigenvalue weighted by Crippen LogP contribution is -2.16. The maximum atomic E-state index is 11.9. The van der Waals surface area contributed by atoms with Crippen molar-refractivity contribution in [3.63, 3.8) is 0 Å². The number of hydrogen-bond acceptors (Lipinski definition) is 3. The Kier molecular flexibility index (Phi) is 5.47. The number of carbonyl (C=O) groups is 2. The summed E-state index contributed by atoms with van der Waals surface area (Å²) in [5.74, 6) is 0.391. The predicted octanol–water partition coefficient (Wildman–Crippen LogP) is 3.26. The van der Waals surface area contributed by atoms with Gasteiger partial charge in [-0.15, -0.1) is 11.8 Å². The summed E-state index contributed by atoms with van der Waals surface area (Å²) in [5.41, 5.74) is 1.41. The SMILES string of the molecule is CC(=O)Nc1cccc(NC(=O)CSC2CCCC2)c1. The van der Waals surface area contributed by atoms with Crippen LogP contribution in [0, 0.1) is 0 Å². The fourth-order valence-corrected chi connectivity index (χ4v) is 3.45. The molecule has 1 saturated carbocycles. The fourth-order valence-electron chi connectivity index (χ4n) is 2.32. The number of amides is 2. The van der Waals surface area contributed by atoms with E-state index >= 15 is 0 Å².